The van der Waals surface area contributed by atoms with Crippen molar-refractivity contribution in [2.24, 2.45) is 0 Å². The summed E-state index contributed by atoms with van der Waals surface area (Å²) < 4.78 is 9.86. The van der Waals surface area contributed by atoms with Gasteiger partial charge in [0.15, 0.2) is 0 Å². The number of anilines is 1. The Morgan fingerprint density at radius 2 is 2.33 bits per heavy atom. The molecule has 0 aliphatic heterocycles. The fourth-order valence-electron chi connectivity index (χ4n) is 0.652. The van der Waals surface area contributed by atoms with Gasteiger partial charge in [-0.25, -0.2) is 4.79 Å². The molecule has 0 spiro atoms. The molecule has 0 radical (unpaired) electrons. The SMILES string of the molecule is Nc1nnc(-n2ncoc2=O)o1. The van der Waals surface area contributed by atoms with Gasteiger partial charge in [-0.05, 0) is 0 Å². The van der Waals surface area contributed by atoms with Gasteiger partial charge in [-0.15, -0.1) is 9.78 Å². The van der Waals surface area contributed by atoms with Crippen molar-refractivity contribution < 1.29 is 8.83 Å². The minimum atomic E-state index is -0.710. The standard InChI is InChI=1S/C4H3N5O3/c5-2-7-8-3(12-2)9-4(10)11-1-6-9/h1H,(H2,5,7). The molecule has 0 aromatic carbocycles. The largest absolute Gasteiger partial charge is 0.445 e. The van der Waals surface area contributed by atoms with Crippen molar-refractivity contribution in [3.8, 4) is 6.01 Å². The molecule has 62 valence electrons. The predicted molar refractivity (Wildman–Crippen MR) is 34.4 cm³/mol. The fraction of sp³-hybridized carbons (Fsp3) is 0. The normalized spacial score (nSPS) is 10.3. The highest BCUT2D eigenvalue weighted by Crippen LogP contribution is 2.01. The van der Waals surface area contributed by atoms with Crippen LogP contribution >= 0.6 is 0 Å². The number of nitrogens with zero attached hydrogens (tertiary/aromatic N) is 4. The third-order valence-corrected chi connectivity index (χ3v) is 1.10. The van der Waals surface area contributed by atoms with E-state index < -0.39 is 5.76 Å². The van der Waals surface area contributed by atoms with Gasteiger partial charge in [0.1, 0.15) is 0 Å². The van der Waals surface area contributed by atoms with E-state index in [1.54, 1.807) is 0 Å². The Balaban J connectivity index is 2.58. The van der Waals surface area contributed by atoms with Crippen LogP contribution in [0.3, 0.4) is 0 Å². The van der Waals surface area contributed by atoms with Crippen LogP contribution in [0.1, 0.15) is 0 Å². The molecule has 8 heteroatoms. The maximum atomic E-state index is 10.8. The van der Waals surface area contributed by atoms with Crippen molar-refractivity contribution in [2.45, 2.75) is 0 Å². The van der Waals surface area contributed by atoms with Crippen LogP contribution in [0.2, 0.25) is 0 Å². The smallest absolute Gasteiger partial charge is 0.395 e. The lowest BCUT2D eigenvalue weighted by Crippen LogP contribution is -2.13. The van der Waals surface area contributed by atoms with Gasteiger partial charge in [0, 0.05) is 0 Å². The van der Waals surface area contributed by atoms with Crippen LogP contribution in [0.15, 0.2) is 20.0 Å². The lowest BCUT2D eigenvalue weighted by atomic mass is 11.1. The van der Waals surface area contributed by atoms with E-state index in [2.05, 4.69) is 19.7 Å². The maximum Gasteiger partial charge on any atom is 0.445 e. The third-order valence-electron chi connectivity index (χ3n) is 1.10. The third kappa shape index (κ3) is 0.856. The monoisotopic (exact) mass is 169 g/mol. The minimum absolute atomic E-state index is 0.119. The summed E-state index contributed by atoms with van der Waals surface area (Å²) in [6.45, 7) is 0. The number of nitrogen functional groups attached to an aromatic ring is 1. The Hall–Kier alpha value is -2.12. The first-order valence-electron chi connectivity index (χ1n) is 2.89. The molecule has 0 fully saturated rings. The maximum absolute atomic E-state index is 10.8. The van der Waals surface area contributed by atoms with Crippen LogP contribution in [-0.4, -0.2) is 20.0 Å². The van der Waals surface area contributed by atoms with E-state index in [1.165, 1.54) is 0 Å². The molecule has 0 bridgehead atoms. The molecule has 12 heavy (non-hydrogen) atoms. The predicted octanol–water partition coefficient (Wildman–Crippen LogP) is -1.21. The molecule has 2 heterocycles. The Bertz CT molecular complexity index is 439. The summed E-state index contributed by atoms with van der Waals surface area (Å²) in [7, 11) is 0. The number of aromatic nitrogens is 4. The molecule has 0 aliphatic rings. The molecule has 2 rings (SSSR count). The van der Waals surface area contributed by atoms with Gasteiger partial charge >= 0.3 is 17.8 Å². The van der Waals surface area contributed by atoms with E-state index in [9.17, 15) is 4.79 Å². The van der Waals surface area contributed by atoms with Crippen molar-refractivity contribution in [1.29, 1.82) is 0 Å². The van der Waals surface area contributed by atoms with Crippen molar-refractivity contribution in [2.75, 3.05) is 5.73 Å². The van der Waals surface area contributed by atoms with Crippen LogP contribution in [0.4, 0.5) is 6.01 Å². The number of hydrogen-bond acceptors (Lipinski definition) is 7. The second kappa shape index (κ2) is 2.19. The highest BCUT2D eigenvalue weighted by atomic mass is 16.4. The Morgan fingerprint density at radius 1 is 1.50 bits per heavy atom. The van der Waals surface area contributed by atoms with Crippen molar-refractivity contribution in [3.05, 3.63) is 16.9 Å². The quantitative estimate of drug-likeness (QED) is 0.569. The van der Waals surface area contributed by atoms with Crippen molar-refractivity contribution in [3.63, 3.8) is 0 Å². The molecular formula is C4H3N5O3. The summed E-state index contributed by atoms with van der Waals surface area (Å²) in [4.78, 5) is 10.8. The molecule has 2 aromatic rings. The first-order valence-corrected chi connectivity index (χ1v) is 2.89. The van der Waals surface area contributed by atoms with Crippen LogP contribution in [0, 0.1) is 0 Å². The molecular weight excluding hydrogens is 166 g/mol. The van der Waals surface area contributed by atoms with E-state index in [0.29, 0.717) is 0 Å². The number of nitrogens with two attached hydrogens (primary N) is 1. The molecule has 2 aromatic heterocycles. The van der Waals surface area contributed by atoms with Gasteiger partial charge in [0.05, 0.1) is 0 Å². The molecule has 2 N–H and O–H groups in total. The fourth-order valence-corrected chi connectivity index (χ4v) is 0.652. The van der Waals surface area contributed by atoms with E-state index in [-0.39, 0.29) is 12.0 Å². The van der Waals surface area contributed by atoms with E-state index in [4.69, 9.17) is 10.2 Å². The molecule has 0 saturated heterocycles. The Morgan fingerprint density at radius 3 is 2.83 bits per heavy atom. The average Bonchev–Trinajstić information content (AvgIpc) is 2.58. The van der Waals surface area contributed by atoms with Crippen LogP contribution in [0.25, 0.3) is 6.01 Å². The lowest BCUT2D eigenvalue weighted by Gasteiger charge is -1.84. The van der Waals surface area contributed by atoms with Gasteiger partial charge in [0.2, 0.25) is 6.39 Å². The van der Waals surface area contributed by atoms with Gasteiger partial charge in [-0.3, -0.25) is 0 Å². The Labute approximate surface area is 64.6 Å². The highest BCUT2D eigenvalue weighted by molar-refractivity contribution is 5.10. The van der Waals surface area contributed by atoms with E-state index in [1.807, 2.05) is 0 Å². The Kier molecular flexibility index (Phi) is 1.20. The molecule has 0 amide bonds. The molecule has 0 atom stereocenters. The van der Waals surface area contributed by atoms with Gasteiger partial charge in [0.25, 0.3) is 0 Å². The zero-order chi connectivity index (χ0) is 8.55. The summed E-state index contributed by atoms with van der Waals surface area (Å²) in [5.41, 5.74) is 5.12. The van der Waals surface area contributed by atoms with Gasteiger partial charge < -0.3 is 14.6 Å². The zero-order valence-electron chi connectivity index (χ0n) is 5.67. The highest BCUT2D eigenvalue weighted by Gasteiger charge is 2.09. The van der Waals surface area contributed by atoms with E-state index in [0.717, 1.165) is 11.1 Å². The van der Waals surface area contributed by atoms with Crippen molar-refractivity contribution in [1.82, 2.24) is 20.0 Å². The van der Waals surface area contributed by atoms with Gasteiger partial charge in [-0.1, -0.05) is 10.2 Å². The molecule has 0 unspecified atom stereocenters. The second-order valence-corrected chi connectivity index (χ2v) is 1.84. The van der Waals surface area contributed by atoms with Gasteiger partial charge in [-0.2, -0.15) is 0 Å². The zero-order valence-corrected chi connectivity index (χ0v) is 5.67. The first-order chi connectivity index (χ1) is 5.77. The van der Waals surface area contributed by atoms with Crippen molar-refractivity contribution >= 4 is 6.01 Å². The number of hydrogen-bond donors (Lipinski definition) is 1. The van der Waals surface area contributed by atoms with Crippen LogP contribution in [-0.2, 0) is 0 Å². The average molecular weight is 169 g/mol. The summed E-state index contributed by atoms with van der Waals surface area (Å²) in [6, 6.07) is -0.258. The topological polar surface area (TPSA) is 113 Å². The number of rotatable bonds is 1. The summed E-state index contributed by atoms with van der Waals surface area (Å²) in [5, 5.41) is 10.2. The minimum Gasteiger partial charge on any atom is -0.395 e. The van der Waals surface area contributed by atoms with E-state index >= 15 is 0 Å². The molecule has 0 saturated carbocycles. The van der Waals surface area contributed by atoms with Crippen LogP contribution in [0.5, 0.6) is 0 Å². The molecule has 8 nitrogen and oxygen atoms in total. The first kappa shape index (κ1) is 6.58. The molecule has 0 aliphatic carbocycles. The summed E-state index contributed by atoms with van der Waals surface area (Å²) in [6.07, 6.45) is 0.961. The van der Waals surface area contributed by atoms with Crippen LogP contribution < -0.4 is 11.5 Å². The lowest BCUT2D eigenvalue weighted by molar-refractivity contribution is 0.473. The summed E-state index contributed by atoms with van der Waals surface area (Å²) in [5.74, 6) is -0.710. The second-order valence-electron chi connectivity index (χ2n) is 1.84. The summed E-state index contributed by atoms with van der Waals surface area (Å²) >= 11 is 0.